The Labute approximate surface area is 130 Å². The van der Waals surface area contributed by atoms with Gasteiger partial charge in [-0.15, -0.1) is 0 Å². The van der Waals surface area contributed by atoms with Crippen molar-refractivity contribution in [1.82, 2.24) is 5.32 Å². The predicted octanol–water partition coefficient (Wildman–Crippen LogP) is 4.93. The first kappa shape index (κ1) is 17.7. The second kappa shape index (κ2) is 5.82. The number of hydrogen-bond acceptors (Lipinski definition) is 1. The minimum Gasteiger partial charge on any atom is -0.347 e. The van der Waals surface area contributed by atoms with Gasteiger partial charge in [0.25, 0.3) is 5.91 Å². The fourth-order valence-electron chi connectivity index (χ4n) is 2.87. The molecule has 1 amide bonds. The molecule has 1 N–H and O–H groups in total. The van der Waals surface area contributed by atoms with Crippen LogP contribution in [-0.2, 0) is 5.41 Å². The van der Waals surface area contributed by atoms with E-state index in [1.54, 1.807) is 0 Å². The highest BCUT2D eigenvalue weighted by Crippen LogP contribution is 2.27. The molecule has 118 valence electrons. The number of carbonyl (C=O) groups is 1. The van der Waals surface area contributed by atoms with Crippen molar-refractivity contribution in [1.29, 1.82) is 0 Å². The number of carbonyl (C=O) groups excluding carboxylic acids is 1. The third-order valence-electron chi connectivity index (χ3n) is 3.44. The van der Waals surface area contributed by atoms with Gasteiger partial charge >= 0.3 is 0 Å². The first-order valence-corrected chi connectivity index (χ1v) is 7.73. The summed E-state index contributed by atoms with van der Waals surface area (Å²) >= 11 is 0. The molecule has 0 saturated carbocycles. The van der Waals surface area contributed by atoms with Crippen molar-refractivity contribution in [2.45, 2.75) is 72.8 Å². The SMILES string of the molecule is CC(C)(C)CC(C)(C)NC(=O)c1ccc(C(C)(C)C)cc1. The molecule has 0 aliphatic heterocycles. The molecule has 0 atom stereocenters. The van der Waals surface area contributed by atoms with Gasteiger partial charge in [-0.25, -0.2) is 0 Å². The predicted molar refractivity (Wildman–Crippen MR) is 90.8 cm³/mol. The van der Waals surface area contributed by atoms with Crippen molar-refractivity contribution >= 4 is 5.91 Å². The normalized spacial score (nSPS) is 13.1. The van der Waals surface area contributed by atoms with E-state index in [0.29, 0.717) is 0 Å². The molecule has 1 aromatic rings. The first-order valence-electron chi connectivity index (χ1n) is 7.73. The van der Waals surface area contributed by atoms with E-state index in [-0.39, 0.29) is 22.3 Å². The summed E-state index contributed by atoms with van der Waals surface area (Å²) in [7, 11) is 0. The highest BCUT2D eigenvalue weighted by Gasteiger charge is 2.27. The van der Waals surface area contributed by atoms with Crippen LogP contribution in [0.3, 0.4) is 0 Å². The van der Waals surface area contributed by atoms with Crippen molar-refractivity contribution in [2.75, 3.05) is 0 Å². The van der Waals surface area contributed by atoms with Crippen LogP contribution >= 0.6 is 0 Å². The second-order valence-electron chi connectivity index (χ2n) is 8.90. The third-order valence-corrected chi connectivity index (χ3v) is 3.44. The number of nitrogens with one attached hydrogen (secondary N) is 1. The molecule has 0 aliphatic rings. The van der Waals surface area contributed by atoms with Gasteiger partial charge in [-0.2, -0.15) is 0 Å². The number of rotatable bonds is 3. The van der Waals surface area contributed by atoms with E-state index < -0.39 is 0 Å². The molecule has 21 heavy (non-hydrogen) atoms. The summed E-state index contributed by atoms with van der Waals surface area (Å²) in [4.78, 5) is 12.4. The maximum absolute atomic E-state index is 12.4. The lowest BCUT2D eigenvalue weighted by atomic mass is 9.81. The molecule has 0 heterocycles. The van der Waals surface area contributed by atoms with Gasteiger partial charge in [-0.3, -0.25) is 4.79 Å². The molecule has 0 radical (unpaired) electrons. The van der Waals surface area contributed by atoms with E-state index in [1.807, 2.05) is 24.3 Å². The Balaban J connectivity index is 2.81. The minimum absolute atomic E-state index is 0.00436. The lowest BCUT2D eigenvalue weighted by Gasteiger charge is -2.33. The molecule has 1 rings (SSSR count). The summed E-state index contributed by atoms with van der Waals surface area (Å²) < 4.78 is 0. The zero-order valence-electron chi connectivity index (χ0n) is 14.9. The Bertz CT molecular complexity index is 484. The molecule has 0 fully saturated rings. The van der Waals surface area contributed by atoms with E-state index >= 15 is 0 Å². The van der Waals surface area contributed by atoms with Gasteiger partial charge in [-0.05, 0) is 48.8 Å². The summed E-state index contributed by atoms with van der Waals surface area (Å²) in [5, 5.41) is 3.15. The van der Waals surface area contributed by atoms with Gasteiger partial charge in [-0.1, -0.05) is 53.7 Å². The molecule has 0 aliphatic carbocycles. The second-order valence-corrected chi connectivity index (χ2v) is 8.90. The van der Waals surface area contributed by atoms with E-state index in [2.05, 4.69) is 60.7 Å². The molecular formula is C19H31NO. The van der Waals surface area contributed by atoms with Crippen LogP contribution in [-0.4, -0.2) is 11.4 Å². The molecule has 0 spiro atoms. The van der Waals surface area contributed by atoms with Crippen LogP contribution in [0.4, 0.5) is 0 Å². The van der Waals surface area contributed by atoms with Gasteiger partial charge in [0.2, 0.25) is 0 Å². The standard InChI is InChI=1S/C19H31NO/c1-17(2,3)13-19(7,8)20-16(21)14-9-11-15(12-10-14)18(4,5)6/h9-12H,13H2,1-8H3,(H,20,21). The molecule has 0 bridgehead atoms. The topological polar surface area (TPSA) is 29.1 Å². The van der Waals surface area contributed by atoms with Crippen LogP contribution < -0.4 is 5.32 Å². The lowest BCUT2D eigenvalue weighted by Crippen LogP contribution is -2.45. The monoisotopic (exact) mass is 289 g/mol. The fraction of sp³-hybridized carbons (Fsp3) is 0.632. The number of benzene rings is 1. The van der Waals surface area contributed by atoms with E-state index in [4.69, 9.17) is 0 Å². The van der Waals surface area contributed by atoms with Crippen molar-refractivity contribution in [3.63, 3.8) is 0 Å². The summed E-state index contributed by atoms with van der Waals surface area (Å²) in [5.41, 5.74) is 2.06. The molecule has 1 aromatic carbocycles. The van der Waals surface area contributed by atoms with Crippen LogP contribution in [0.5, 0.6) is 0 Å². The average molecular weight is 289 g/mol. The van der Waals surface area contributed by atoms with Gasteiger partial charge < -0.3 is 5.32 Å². The average Bonchev–Trinajstić information content (AvgIpc) is 2.23. The Kier molecular flexibility index (Phi) is 4.92. The zero-order chi connectivity index (χ0) is 16.5. The van der Waals surface area contributed by atoms with Crippen molar-refractivity contribution < 1.29 is 4.79 Å². The van der Waals surface area contributed by atoms with Gasteiger partial charge in [0.15, 0.2) is 0 Å². The highest BCUT2D eigenvalue weighted by atomic mass is 16.1. The maximum Gasteiger partial charge on any atom is 0.251 e. The zero-order valence-corrected chi connectivity index (χ0v) is 14.9. The Hall–Kier alpha value is -1.31. The van der Waals surface area contributed by atoms with Crippen LogP contribution in [0.1, 0.15) is 77.7 Å². The van der Waals surface area contributed by atoms with E-state index in [9.17, 15) is 4.79 Å². The quantitative estimate of drug-likeness (QED) is 0.840. The van der Waals surface area contributed by atoms with E-state index in [0.717, 1.165) is 12.0 Å². The van der Waals surface area contributed by atoms with E-state index in [1.165, 1.54) is 5.56 Å². The summed E-state index contributed by atoms with van der Waals surface area (Å²) in [6.45, 7) is 17.3. The van der Waals surface area contributed by atoms with Gasteiger partial charge in [0, 0.05) is 11.1 Å². The number of hydrogen-bond donors (Lipinski definition) is 1. The smallest absolute Gasteiger partial charge is 0.251 e. The molecule has 0 unspecified atom stereocenters. The van der Waals surface area contributed by atoms with Crippen LogP contribution in [0.15, 0.2) is 24.3 Å². The molecule has 2 heteroatoms. The first-order chi connectivity index (χ1) is 9.30. The maximum atomic E-state index is 12.4. The van der Waals surface area contributed by atoms with Crippen molar-refractivity contribution in [3.8, 4) is 0 Å². The summed E-state index contributed by atoms with van der Waals surface area (Å²) in [6.07, 6.45) is 0.936. The minimum atomic E-state index is -0.210. The fourth-order valence-corrected chi connectivity index (χ4v) is 2.87. The Morgan fingerprint density at radius 2 is 1.38 bits per heavy atom. The van der Waals surface area contributed by atoms with Gasteiger partial charge in [0.1, 0.15) is 0 Å². The Morgan fingerprint density at radius 1 is 0.905 bits per heavy atom. The van der Waals surface area contributed by atoms with Crippen LogP contribution in [0, 0.1) is 5.41 Å². The van der Waals surface area contributed by atoms with Crippen LogP contribution in [0.25, 0.3) is 0 Å². The largest absolute Gasteiger partial charge is 0.347 e. The summed E-state index contributed by atoms with van der Waals surface area (Å²) in [5.74, 6) is 0.00436. The lowest BCUT2D eigenvalue weighted by molar-refractivity contribution is 0.0891. The van der Waals surface area contributed by atoms with Gasteiger partial charge in [0.05, 0.1) is 0 Å². The molecular weight excluding hydrogens is 258 g/mol. The molecule has 0 aromatic heterocycles. The van der Waals surface area contributed by atoms with Crippen LogP contribution in [0.2, 0.25) is 0 Å². The van der Waals surface area contributed by atoms with Crippen molar-refractivity contribution in [3.05, 3.63) is 35.4 Å². The summed E-state index contributed by atoms with van der Waals surface area (Å²) in [6, 6.07) is 7.93. The van der Waals surface area contributed by atoms with Crippen molar-refractivity contribution in [2.24, 2.45) is 5.41 Å². The third kappa shape index (κ3) is 5.91. The molecule has 0 saturated heterocycles. The highest BCUT2D eigenvalue weighted by molar-refractivity contribution is 5.94. The molecule has 2 nitrogen and oxygen atoms in total. The Morgan fingerprint density at radius 3 is 1.76 bits per heavy atom. The number of amides is 1.